The summed E-state index contributed by atoms with van der Waals surface area (Å²) in [6.45, 7) is 3.16. The molecule has 1 aliphatic rings. The molecule has 0 aliphatic heterocycles. The van der Waals surface area contributed by atoms with Gasteiger partial charge in [0.25, 0.3) is 5.69 Å². The fourth-order valence-electron chi connectivity index (χ4n) is 2.65. The van der Waals surface area contributed by atoms with Crippen LogP contribution in [0.5, 0.6) is 0 Å². The molecule has 0 amide bonds. The van der Waals surface area contributed by atoms with Gasteiger partial charge in [0.05, 0.1) is 11.0 Å². The summed E-state index contributed by atoms with van der Waals surface area (Å²) in [6, 6.07) is 2.90. The third-order valence-corrected chi connectivity index (χ3v) is 3.95. The summed E-state index contributed by atoms with van der Waals surface area (Å²) >= 11 is 0. The molecule has 2 rings (SSSR count). The van der Waals surface area contributed by atoms with Gasteiger partial charge in [-0.1, -0.05) is 32.6 Å². The van der Waals surface area contributed by atoms with Crippen LogP contribution in [0.15, 0.2) is 18.3 Å². The minimum Gasteiger partial charge on any atom is -0.370 e. The highest BCUT2D eigenvalue weighted by Gasteiger charge is 2.17. The van der Waals surface area contributed by atoms with E-state index in [4.69, 9.17) is 0 Å². The molecule has 104 valence electrons. The Morgan fingerprint density at radius 2 is 2.16 bits per heavy atom. The molecule has 5 nitrogen and oxygen atoms in total. The van der Waals surface area contributed by atoms with Crippen molar-refractivity contribution in [1.82, 2.24) is 4.98 Å². The van der Waals surface area contributed by atoms with Crippen molar-refractivity contribution in [2.75, 3.05) is 11.9 Å². The molecule has 1 aromatic rings. The van der Waals surface area contributed by atoms with Crippen LogP contribution in [0.2, 0.25) is 0 Å². The Balaban J connectivity index is 1.76. The number of anilines is 1. The van der Waals surface area contributed by atoms with Crippen molar-refractivity contribution >= 4 is 11.5 Å². The van der Waals surface area contributed by atoms with E-state index in [1.165, 1.54) is 44.0 Å². The lowest BCUT2D eigenvalue weighted by Crippen LogP contribution is -2.16. The van der Waals surface area contributed by atoms with Gasteiger partial charge in [0.2, 0.25) is 0 Å². The van der Waals surface area contributed by atoms with Crippen LogP contribution in [0.4, 0.5) is 11.5 Å². The molecule has 1 aromatic heterocycles. The van der Waals surface area contributed by atoms with Crippen molar-refractivity contribution in [3.8, 4) is 0 Å². The van der Waals surface area contributed by atoms with Gasteiger partial charge in [-0.2, -0.15) is 0 Å². The van der Waals surface area contributed by atoms with Crippen molar-refractivity contribution in [2.24, 2.45) is 11.8 Å². The van der Waals surface area contributed by atoms with Crippen molar-refractivity contribution in [3.05, 3.63) is 28.4 Å². The van der Waals surface area contributed by atoms with Crippen LogP contribution in [0, 0.1) is 22.0 Å². The first-order valence-electron chi connectivity index (χ1n) is 6.99. The molecule has 0 saturated heterocycles. The first-order chi connectivity index (χ1) is 9.15. The van der Waals surface area contributed by atoms with Crippen LogP contribution in [0.3, 0.4) is 0 Å². The van der Waals surface area contributed by atoms with Crippen LogP contribution in [-0.4, -0.2) is 16.5 Å². The van der Waals surface area contributed by atoms with Crippen LogP contribution < -0.4 is 5.32 Å². The average molecular weight is 263 g/mol. The lowest BCUT2D eigenvalue weighted by molar-refractivity contribution is -0.384. The number of hydrogen-bond acceptors (Lipinski definition) is 4. The predicted octanol–water partition coefficient (Wildman–Crippen LogP) is 3.62. The quantitative estimate of drug-likeness (QED) is 0.650. The molecule has 1 aliphatic carbocycles. The second-order valence-electron chi connectivity index (χ2n) is 5.50. The van der Waals surface area contributed by atoms with Gasteiger partial charge in [0.15, 0.2) is 0 Å². The van der Waals surface area contributed by atoms with Crippen molar-refractivity contribution in [3.63, 3.8) is 0 Å². The fourth-order valence-corrected chi connectivity index (χ4v) is 2.65. The molecule has 0 unspecified atom stereocenters. The molecule has 0 spiro atoms. The lowest BCUT2D eigenvalue weighted by atomic mass is 9.81. The summed E-state index contributed by atoms with van der Waals surface area (Å²) in [7, 11) is 0. The maximum absolute atomic E-state index is 10.7. The summed E-state index contributed by atoms with van der Waals surface area (Å²) in [5, 5.41) is 13.8. The molecule has 0 radical (unpaired) electrons. The van der Waals surface area contributed by atoms with Crippen LogP contribution >= 0.6 is 0 Å². The monoisotopic (exact) mass is 263 g/mol. The Bertz CT molecular complexity index is 428. The minimum atomic E-state index is -0.393. The number of nitrogens with one attached hydrogen (secondary N) is 1. The summed E-state index contributed by atoms with van der Waals surface area (Å²) in [4.78, 5) is 14.4. The Morgan fingerprint density at radius 1 is 1.42 bits per heavy atom. The van der Waals surface area contributed by atoms with Gasteiger partial charge in [-0.05, 0) is 18.3 Å². The number of hydrogen-bond donors (Lipinski definition) is 1. The number of nitro groups is 1. The minimum absolute atomic E-state index is 0.0870. The van der Waals surface area contributed by atoms with Crippen molar-refractivity contribution in [1.29, 1.82) is 0 Å². The molecule has 1 fully saturated rings. The van der Waals surface area contributed by atoms with Gasteiger partial charge in [-0.3, -0.25) is 10.1 Å². The standard InChI is InChI=1S/C14H21N3O2/c1-11-2-4-12(5-3-11)6-8-15-14-10-13(17(18)19)7-9-16-14/h7,9-12H,2-6,8H2,1H3,(H,15,16). The molecule has 0 aromatic carbocycles. The van der Waals surface area contributed by atoms with Crippen LogP contribution in [0.25, 0.3) is 0 Å². The summed E-state index contributed by atoms with van der Waals surface area (Å²) in [5.41, 5.74) is 0.0870. The predicted molar refractivity (Wildman–Crippen MR) is 75.1 cm³/mol. The Morgan fingerprint density at radius 3 is 2.84 bits per heavy atom. The molecule has 19 heavy (non-hydrogen) atoms. The SMILES string of the molecule is CC1CCC(CCNc2cc([N+](=O)[O-])ccn2)CC1. The Labute approximate surface area is 113 Å². The molecular weight excluding hydrogens is 242 g/mol. The number of pyridine rings is 1. The van der Waals surface area contributed by atoms with E-state index < -0.39 is 4.92 Å². The molecule has 5 heteroatoms. The first-order valence-corrected chi connectivity index (χ1v) is 6.99. The van der Waals surface area contributed by atoms with E-state index in [1.54, 1.807) is 0 Å². The van der Waals surface area contributed by atoms with E-state index in [2.05, 4.69) is 17.2 Å². The molecule has 0 atom stereocenters. The number of aromatic nitrogens is 1. The first kappa shape index (κ1) is 13.8. The zero-order valence-electron chi connectivity index (χ0n) is 11.3. The zero-order valence-corrected chi connectivity index (χ0v) is 11.3. The zero-order chi connectivity index (χ0) is 13.7. The van der Waals surface area contributed by atoms with Gasteiger partial charge < -0.3 is 5.32 Å². The summed E-state index contributed by atoms with van der Waals surface area (Å²) in [6.07, 6.45) is 7.88. The van der Waals surface area contributed by atoms with Crippen LogP contribution in [-0.2, 0) is 0 Å². The lowest BCUT2D eigenvalue weighted by Gasteiger charge is -2.26. The normalized spacial score (nSPS) is 23.0. The molecule has 0 bridgehead atoms. The molecule has 1 saturated carbocycles. The van der Waals surface area contributed by atoms with Gasteiger partial charge in [-0.25, -0.2) is 4.98 Å². The third kappa shape index (κ3) is 4.19. The van der Waals surface area contributed by atoms with Gasteiger partial charge in [0, 0.05) is 18.8 Å². The number of nitrogens with zero attached hydrogens (tertiary/aromatic N) is 2. The number of rotatable bonds is 5. The van der Waals surface area contributed by atoms with Gasteiger partial charge in [0.1, 0.15) is 5.82 Å². The van der Waals surface area contributed by atoms with Crippen molar-refractivity contribution in [2.45, 2.75) is 39.0 Å². The van der Waals surface area contributed by atoms with E-state index >= 15 is 0 Å². The fraction of sp³-hybridized carbons (Fsp3) is 0.643. The maximum Gasteiger partial charge on any atom is 0.274 e. The smallest absolute Gasteiger partial charge is 0.274 e. The molecule has 1 heterocycles. The second kappa shape index (κ2) is 6.50. The van der Waals surface area contributed by atoms with E-state index in [0.717, 1.165) is 24.8 Å². The highest BCUT2D eigenvalue weighted by atomic mass is 16.6. The maximum atomic E-state index is 10.7. The highest BCUT2D eigenvalue weighted by molar-refractivity contribution is 5.44. The topological polar surface area (TPSA) is 68.1 Å². The third-order valence-electron chi connectivity index (χ3n) is 3.95. The van der Waals surface area contributed by atoms with E-state index in [9.17, 15) is 10.1 Å². The van der Waals surface area contributed by atoms with Crippen LogP contribution in [0.1, 0.15) is 39.0 Å². The van der Waals surface area contributed by atoms with E-state index in [-0.39, 0.29) is 5.69 Å². The van der Waals surface area contributed by atoms with Gasteiger partial charge in [-0.15, -0.1) is 0 Å². The van der Waals surface area contributed by atoms with Gasteiger partial charge >= 0.3 is 0 Å². The van der Waals surface area contributed by atoms with E-state index in [1.807, 2.05) is 0 Å². The molecule has 1 N–H and O–H groups in total. The molecular formula is C14H21N3O2. The van der Waals surface area contributed by atoms with Crippen molar-refractivity contribution < 1.29 is 4.92 Å². The largest absolute Gasteiger partial charge is 0.370 e. The highest BCUT2D eigenvalue weighted by Crippen LogP contribution is 2.30. The van der Waals surface area contributed by atoms with E-state index in [0.29, 0.717) is 5.82 Å². The summed E-state index contributed by atoms with van der Waals surface area (Å²) in [5.74, 6) is 2.27. The second-order valence-corrected chi connectivity index (χ2v) is 5.50. The average Bonchev–Trinajstić information content (AvgIpc) is 2.41. The Hall–Kier alpha value is -1.65. The Kier molecular flexibility index (Phi) is 4.71. The summed E-state index contributed by atoms with van der Waals surface area (Å²) < 4.78 is 0.